The Labute approximate surface area is 114 Å². The van der Waals surface area contributed by atoms with Crippen molar-refractivity contribution in [2.75, 3.05) is 0 Å². The Morgan fingerprint density at radius 1 is 1.20 bits per heavy atom. The van der Waals surface area contributed by atoms with Crippen LogP contribution in [0.1, 0.15) is 5.56 Å². The van der Waals surface area contributed by atoms with E-state index in [9.17, 15) is 10.1 Å². The molecule has 0 radical (unpaired) electrons. The number of fused-ring (bicyclic) bond motifs is 1. The van der Waals surface area contributed by atoms with E-state index in [-0.39, 0.29) is 5.69 Å². The second-order valence-electron chi connectivity index (χ2n) is 4.35. The molecule has 96 valence electrons. The zero-order chi connectivity index (χ0) is 14.1. The molecule has 0 spiro atoms. The molecule has 3 rings (SSSR count). The number of aromatic amines is 1. The molecule has 20 heavy (non-hydrogen) atoms. The first-order valence-electron chi connectivity index (χ1n) is 5.96. The second kappa shape index (κ2) is 4.52. The molecule has 0 unspecified atom stereocenters. The lowest BCUT2D eigenvalue weighted by Crippen LogP contribution is -1.90. The summed E-state index contributed by atoms with van der Waals surface area (Å²) in [5.74, 6) is 0. The minimum atomic E-state index is -0.408. The fourth-order valence-corrected chi connectivity index (χ4v) is 2.30. The number of nitro groups is 1. The van der Waals surface area contributed by atoms with Crippen LogP contribution < -0.4 is 0 Å². The van der Waals surface area contributed by atoms with E-state index in [1.807, 2.05) is 6.07 Å². The molecule has 0 aliphatic heterocycles. The van der Waals surface area contributed by atoms with Gasteiger partial charge in [-0.2, -0.15) is 5.26 Å². The quantitative estimate of drug-likeness (QED) is 0.566. The first kappa shape index (κ1) is 11.9. The highest BCUT2D eigenvalue weighted by molar-refractivity contribution is 5.99. The lowest BCUT2D eigenvalue weighted by atomic mass is 9.99. The molecule has 0 bridgehead atoms. The van der Waals surface area contributed by atoms with Gasteiger partial charge >= 0.3 is 0 Å². The van der Waals surface area contributed by atoms with Gasteiger partial charge in [-0.1, -0.05) is 12.1 Å². The molecule has 0 atom stereocenters. The molecule has 5 heteroatoms. The summed E-state index contributed by atoms with van der Waals surface area (Å²) in [5.41, 5.74) is 2.83. The van der Waals surface area contributed by atoms with Crippen LogP contribution in [0.15, 0.2) is 48.7 Å². The first-order valence-corrected chi connectivity index (χ1v) is 5.96. The average Bonchev–Trinajstić information content (AvgIpc) is 2.95. The Morgan fingerprint density at radius 2 is 2.05 bits per heavy atom. The molecule has 5 nitrogen and oxygen atoms in total. The lowest BCUT2D eigenvalue weighted by molar-refractivity contribution is -0.383. The van der Waals surface area contributed by atoms with E-state index in [0.717, 1.165) is 16.5 Å². The molecule has 0 saturated heterocycles. The van der Waals surface area contributed by atoms with Crippen molar-refractivity contribution < 1.29 is 4.92 Å². The number of benzene rings is 2. The van der Waals surface area contributed by atoms with Gasteiger partial charge < -0.3 is 4.98 Å². The summed E-state index contributed by atoms with van der Waals surface area (Å²) in [6.45, 7) is 0. The van der Waals surface area contributed by atoms with Crippen molar-refractivity contribution in [2.45, 2.75) is 0 Å². The Hall–Kier alpha value is -3.13. The summed E-state index contributed by atoms with van der Waals surface area (Å²) < 4.78 is 0. The van der Waals surface area contributed by atoms with Gasteiger partial charge in [0.05, 0.1) is 16.6 Å². The molecule has 0 saturated carbocycles. The molecule has 3 aromatic rings. The molecule has 0 aliphatic rings. The van der Waals surface area contributed by atoms with E-state index in [2.05, 4.69) is 11.1 Å². The first-order chi connectivity index (χ1) is 9.70. The fourth-order valence-electron chi connectivity index (χ4n) is 2.30. The second-order valence-corrected chi connectivity index (χ2v) is 4.35. The van der Waals surface area contributed by atoms with Crippen LogP contribution in [-0.2, 0) is 0 Å². The number of rotatable bonds is 2. The van der Waals surface area contributed by atoms with E-state index < -0.39 is 4.92 Å². The lowest BCUT2D eigenvalue weighted by Gasteiger charge is -2.04. The molecule has 2 aromatic carbocycles. The van der Waals surface area contributed by atoms with E-state index in [4.69, 9.17) is 5.26 Å². The number of aromatic nitrogens is 1. The molecule has 0 amide bonds. The summed E-state index contributed by atoms with van der Waals surface area (Å²) in [5, 5.41) is 20.7. The van der Waals surface area contributed by atoms with E-state index in [0.29, 0.717) is 11.1 Å². The maximum atomic E-state index is 11.0. The Kier molecular flexibility index (Phi) is 2.70. The highest BCUT2D eigenvalue weighted by Crippen LogP contribution is 2.33. The number of nitriles is 1. The van der Waals surface area contributed by atoms with Crippen molar-refractivity contribution in [3.8, 4) is 17.2 Å². The van der Waals surface area contributed by atoms with Crippen LogP contribution in [0.3, 0.4) is 0 Å². The molecule has 0 fully saturated rings. The third-order valence-electron chi connectivity index (χ3n) is 3.20. The average molecular weight is 263 g/mol. The molecular formula is C15H9N3O2. The van der Waals surface area contributed by atoms with Gasteiger partial charge in [0.1, 0.15) is 5.52 Å². The summed E-state index contributed by atoms with van der Waals surface area (Å²) >= 11 is 0. The number of nitrogens with zero attached hydrogens (tertiary/aromatic N) is 2. The maximum absolute atomic E-state index is 11.0. The van der Waals surface area contributed by atoms with Gasteiger partial charge in [-0.15, -0.1) is 0 Å². The smallest absolute Gasteiger partial charge is 0.293 e. The summed E-state index contributed by atoms with van der Waals surface area (Å²) in [4.78, 5) is 13.5. The largest absolute Gasteiger partial charge is 0.356 e. The number of hydrogen-bond donors (Lipinski definition) is 1. The Morgan fingerprint density at radius 3 is 2.80 bits per heavy atom. The minimum Gasteiger partial charge on any atom is -0.356 e. The van der Waals surface area contributed by atoms with Crippen LogP contribution in [0, 0.1) is 21.4 Å². The molecule has 0 aliphatic carbocycles. The van der Waals surface area contributed by atoms with Gasteiger partial charge in [0.15, 0.2) is 0 Å². The standard InChI is InChI=1S/C15H9N3O2/c16-9-10-2-1-3-11(8-10)12-4-5-14(18(19)20)15-13(12)6-7-17-15/h1-8,17H. The van der Waals surface area contributed by atoms with Crippen LogP contribution in [0.5, 0.6) is 0 Å². The third kappa shape index (κ3) is 1.80. The van der Waals surface area contributed by atoms with Crippen LogP contribution in [-0.4, -0.2) is 9.91 Å². The van der Waals surface area contributed by atoms with Crippen LogP contribution >= 0.6 is 0 Å². The number of non-ortho nitro benzene ring substituents is 1. The van der Waals surface area contributed by atoms with Crippen molar-refractivity contribution in [3.63, 3.8) is 0 Å². The molecular weight excluding hydrogens is 254 g/mol. The monoisotopic (exact) mass is 263 g/mol. The van der Waals surface area contributed by atoms with Crippen molar-refractivity contribution in [2.24, 2.45) is 0 Å². The van der Waals surface area contributed by atoms with Gasteiger partial charge in [-0.3, -0.25) is 10.1 Å². The zero-order valence-corrected chi connectivity index (χ0v) is 10.3. The highest BCUT2D eigenvalue weighted by Gasteiger charge is 2.16. The van der Waals surface area contributed by atoms with Crippen LogP contribution in [0.4, 0.5) is 5.69 Å². The topological polar surface area (TPSA) is 82.7 Å². The fraction of sp³-hybridized carbons (Fsp3) is 0. The number of hydrogen-bond acceptors (Lipinski definition) is 3. The van der Waals surface area contributed by atoms with E-state index >= 15 is 0 Å². The van der Waals surface area contributed by atoms with Gasteiger partial charge in [0, 0.05) is 17.6 Å². The van der Waals surface area contributed by atoms with Crippen molar-refractivity contribution in [3.05, 3.63) is 64.3 Å². The predicted molar refractivity (Wildman–Crippen MR) is 75.1 cm³/mol. The highest BCUT2D eigenvalue weighted by atomic mass is 16.6. The normalized spacial score (nSPS) is 10.3. The van der Waals surface area contributed by atoms with E-state index in [1.54, 1.807) is 36.5 Å². The van der Waals surface area contributed by atoms with Gasteiger partial charge in [-0.25, -0.2) is 0 Å². The third-order valence-corrected chi connectivity index (χ3v) is 3.20. The Balaban J connectivity index is 2.28. The molecule has 1 aromatic heterocycles. The zero-order valence-electron chi connectivity index (χ0n) is 10.3. The van der Waals surface area contributed by atoms with Gasteiger partial charge in [-0.05, 0) is 35.4 Å². The van der Waals surface area contributed by atoms with E-state index in [1.165, 1.54) is 6.07 Å². The van der Waals surface area contributed by atoms with Crippen LogP contribution in [0.25, 0.3) is 22.0 Å². The van der Waals surface area contributed by atoms with Crippen molar-refractivity contribution in [1.82, 2.24) is 4.98 Å². The molecule has 1 heterocycles. The SMILES string of the molecule is N#Cc1cccc(-c2ccc([N+](=O)[O-])c3[nH]ccc23)c1. The van der Waals surface area contributed by atoms with Crippen molar-refractivity contribution in [1.29, 1.82) is 5.26 Å². The number of nitrogens with one attached hydrogen (secondary N) is 1. The van der Waals surface area contributed by atoms with Gasteiger partial charge in [0.25, 0.3) is 5.69 Å². The number of H-pyrrole nitrogens is 1. The summed E-state index contributed by atoms with van der Waals surface area (Å²) in [7, 11) is 0. The van der Waals surface area contributed by atoms with Crippen LogP contribution in [0.2, 0.25) is 0 Å². The molecule has 1 N–H and O–H groups in total. The Bertz CT molecular complexity index is 859. The summed E-state index contributed by atoms with van der Waals surface area (Å²) in [6, 6.07) is 14.3. The summed E-state index contributed by atoms with van der Waals surface area (Å²) in [6.07, 6.45) is 1.68. The minimum absolute atomic E-state index is 0.0465. The predicted octanol–water partition coefficient (Wildman–Crippen LogP) is 3.61. The van der Waals surface area contributed by atoms with Gasteiger partial charge in [0.2, 0.25) is 0 Å². The maximum Gasteiger partial charge on any atom is 0.293 e. The van der Waals surface area contributed by atoms with Crippen molar-refractivity contribution >= 4 is 16.6 Å². The number of nitro benzene ring substituents is 1.